The highest BCUT2D eigenvalue weighted by atomic mass is 16.2. The number of rotatable bonds is 3. The maximum atomic E-state index is 12.6. The molecule has 3 aromatic rings. The van der Waals surface area contributed by atoms with Crippen LogP contribution in [0.1, 0.15) is 24.7 Å². The fraction of sp³-hybridized carbons (Fsp3) is 0.333. The average Bonchev–Trinajstić information content (AvgIpc) is 3.28. The Labute approximate surface area is 131 Å². The Morgan fingerprint density at radius 3 is 3.09 bits per heavy atom. The van der Waals surface area contributed by atoms with Gasteiger partial charge in [-0.25, -0.2) is 14.5 Å². The number of amides is 1. The first-order valence-electron chi connectivity index (χ1n) is 7.57. The predicted molar refractivity (Wildman–Crippen MR) is 81.7 cm³/mol. The number of imidazole rings is 1. The van der Waals surface area contributed by atoms with Crippen molar-refractivity contribution < 1.29 is 4.79 Å². The van der Waals surface area contributed by atoms with E-state index in [9.17, 15) is 9.59 Å². The molecular formula is C15H16N6O2. The van der Waals surface area contributed by atoms with Crippen molar-refractivity contribution in [1.82, 2.24) is 29.0 Å². The molecule has 1 fully saturated rings. The number of nitrogens with one attached hydrogen (secondary N) is 1. The van der Waals surface area contributed by atoms with Gasteiger partial charge in [0, 0.05) is 25.1 Å². The molecule has 3 aromatic heterocycles. The second-order valence-electron chi connectivity index (χ2n) is 5.59. The van der Waals surface area contributed by atoms with E-state index in [1.54, 1.807) is 41.7 Å². The van der Waals surface area contributed by atoms with Gasteiger partial charge in [-0.15, -0.1) is 5.10 Å². The number of aromatic amines is 1. The third kappa shape index (κ3) is 2.32. The van der Waals surface area contributed by atoms with E-state index in [1.807, 2.05) is 0 Å². The normalized spacial score (nSPS) is 17.9. The standard InChI is InChI=1S/C15H16N6O2/c22-13(19-9-3-4-11(19)14-16-6-7-17-14)10-21-15(23)20-8-2-1-5-12(20)18-21/h1-2,5-8,11H,3-4,9-10H2,(H,16,17). The van der Waals surface area contributed by atoms with Gasteiger partial charge in [0.1, 0.15) is 12.4 Å². The van der Waals surface area contributed by atoms with Gasteiger partial charge >= 0.3 is 5.69 Å². The van der Waals surface area contributed by atoms with Crippen LogP contribution in [0.15, 0.2) is 41.6 Å². The van der Waals surface area contributed by atoms with Crippen molar-refractivity contribution in [2.75, 3.05) is 6.54 Å². The highest BCUT2D eigenvalue weighted by Crippen LogP contribution is 2.29. The van der Waals surface area contributed by atoms with E-state index in [0.29, 0.717) is 12.2 Å². The Hall–Kier alpha value is -2.90. The van der Waals surface area contributed by atoms with E-state index in [1.165, 1.54) is 9.08 Å². The fourth-order valence-electron chi connectivity index (χ4n) is 3.10. The first-order chi connectivity index (χ1) is 11.2. The molecule has 1 saturated heterocycles. The van der Waals surface area contributed by atoms with Gasteiger partial charge < -0.3 is 9.88 Å². The van der Waals surface area contributed by atoms with Crippen molar-refractivity contribution in [3.63, 3.8) is 0 Å². The zero-order valence-corrected chi connectivity index (χ0v) is 12.4. The van der Waals surface area contributed by atoms with Crippen LogP contribution in [0.2, 0.25) is 0 Å². The molecule has 4 rings (SSSR count). The summed E-state index contributed by atoms with van der Waals surface area (Å²) in [5, 5.41) is 4.21. The van der Waals surface area contributed by atoms with Crippen molar-refractivity contribution in [2.24, 2.45) is 0 Å². The van der Waals surface area contributed by atoms with Gasteiger partial charge in [0.05, 0.1) is 6.04 Å². The van der Waals surface area contributed by atoms with Gasteiger partial charge in [-0.2, -0.15) is 0 Å². The highest BCUT2D eigenvalue weighted by Gasteiger charge is 2.31. The molecule has 1 N–H and O–H groups in total. The minimum Gasteiger partial charge on any atom is -0.347 e. The van der Waals surface area contributed by atoms with E-state index in [4.69, 9.17) is 0 Å². The summed E-state index contributed by atoms with van der Waals surface area (Å²) in [6.45, 7) is 0.615. The fourth-order valence-corrected chi connectivity index (χ4v) is 3.10. The van der Waals surface area contributed by atoms with Gasteiger partial charge in [-0.1, -0.05) is 6.07 Å². The zero-order chi connectivity index (χ0) is 15.8. The van der Waals surface area contributed by atoms with Gasteiger partial charge in [0.25, 0.3) is 0 Å². The lowest BCUT2D eigenvalue weighted by atomic mass is 10.2. The van der Waals surface area contributed by atoms with Gasteiger partial charge in [-0.3, -0.25) is 9.20 Å². The maximum Gasteiger partial charge on any atom is 0.350 e. The third-order valence-corrected chi connectivity index (χ3v) is 4.18. The van der Waals surface area contributed by atoms with Crippen LogP contribution in [0.4, 0.5) is 0 Å². The molecule has 1 aliphatic rings. The van der Waals surface area contributed by atoms with Crippen LogP contribution in [0, 0.1) is 0 Å². The van der Waals surface area contributed by atoms with E-state index in [0.717, 1.165) is 18.7 Å². The first-order valence-corrected chi connectivity index (χ1v) is 7.57. The predicted octanol–water partition coefficient (Wildman–Crippen LogP) is 0.583. The second-order valence-corrected chi connectivity index (χ2v) is 5.59. The zero-order valence-electron chi connectivity index (χ0n) is 12.4. The minimum atomic E-state index is -0.303. The molecule has 8 nitrogen and oxygen atoms in total. The Morgan fingerprint density at radius 2 is 2.30 bits per heavy atom. The molecule has 1 amide bonds. The van der Waals surface area contributed by atoms with Crippen LogP contribution in [-0.4, -0.2) is 41.5 Å². The molecule has 1 atom stereocenters. The first kappa shape index (κ1) is 13.7. The number of carbonyl (C=O) groups excluding carboxylic acids is 1. The van der Waals surface area contributed by atoms with Crippen LogP contribution in [-0.2, 0) is 11.3 Å². The molecule has 0 aromatic carbocycles. The monoisotopic (exact) mass is 312 g/mol. The minimum absolute atomic E-state index is 0.0507. The Kier molecular flexibility index (Phi) is 3.22. The number of pyridine rings is 1. The van der Waals surface area contributed by atoms with Gasteiger partial charge in [0.2, 0.25) is 5.91 Å². The average molecular weight is 312 g/mol. The number of H-pyrrole nitrogens is 1. The highest BCUT2D eigenvalue weighted by molar-refractivity contribution is 5.76. The summed E-state index contributed by atoms with van der Waals surface area (Å²) in [6, 6.07) is 5.26. The Bertz CT molecular complexity index is 894. The summed E-state index contributed by atoms with van der Waals surface area (Å²) in [5.41, 5.74) is 0.233. The molecule has 0 aliphatic carbocycles. The maximum absolute atomic E-state index is 12.6. The van der Waals surface area contributed by atoms with Crippen molar-refractivity contribution in [3.8, 4) is 0 Å². The third-order valence-electron chi connectivity index (χ3n) is 4.18. The number of nitrogens with zero attached hydrogens (tertiary/aromatic N) is 5. The molecule has 8 heteroatoms. The molecule has 1 unspecified atom stereocenters. The number of carbonyl (C=O) groups is 1. The Balaban J connectivity index is 1.59. The summed E-state index contributed by atoms with van der Waals surface area (Å²) in [4.78, 5) is 34.0. The lowest BCUT2D eigenvalue weighted by molar-refractivity contribution is -0.133. The van der Waals surface area contributed by atoms with Crippen LogP contribution in [0.3, 0.4) is 0 Å². The number of hydrogen-bond donors (Lipinski definition) is 1. The quantitative estimate of drug-likeness (QED) is 0.766. The van der Waals surface area contributed by atoms with Crippen LogP contribution < -0.4 is 5.69 Å². The summed E-state index contributed by atoms with van der Waals surface area (Å²) >= 11 is 0. The van der Waals surface area contributed by atoms with Crippen molar-refractivity contribution in [3.05, 3.63) is 53.1 Å². The van der Waals surface area contributed by atoms with Crippen molar-refractivity contribution in [2.45, 2.75) is 25.4 Å². The smallest absolute Gasteiger partial charge is 0.347 e. The number of hydrogen-bond acceptors (Lipinski definition) is 4. The molecule has 4 heterocycles. The molecule has 0 spiro atoms. The van der Waals surface area contributed by atoms with E-state index in [-0.39, 0.29) is 24.2 Å². The van der Waals surface area contributed by atoms with Crippen LogP contribution in [0.5, 0.6) is 0 Å². The molecular weight excluding hydrogens is 296 g/mol. The van der Waals surface area contributed by atoms with Gasteiger partial charge in [0.15, 0.2) is 5.65 Å². The lowest BCUT2D eigenvalue weighted by Crippen LogP contribution is -2.36. The van der Waals surface area contributed by atoms with E-state index in [2.05, 4.69) is 15.1 Å². The van der Waals surface area contributed by atoms with Crippen LogP contribution in [0.25, 0.3) is 5.65 Å². The molecule has 23 heavy (non-hydrogen) atoms. The summed E-state index contributed by atoms with van der Waals surface area (Å²) in [6.07, 6.45) is 6.88. The molecule has 118 valence electrons. The summed E-state index contributed by atoms with van der Waals surface area (Å²) < 4.78 is 2.65. The second kappa shape index (κ2) is 5.38. The van der Waals surface area contributed by atoms with Crippen LogP contribution >= 0.6 is 0 Å². The van der Waals surface area contributed by atoms with E-state index < -0.39 is 0 Å². The largest absolute Gasteiger partial charge is 0.350 e. The lowest BCUT2D eigenvalue weighted by Gasteiger charge is -2.22. The van der Waals surface area contributed by atoms with Crippen molar-refractivity contribution in [1.29, 1.82) is 0 Å². The number of likely N-dealkylation sites (tertiary alicyclic amines) is 1. The number of aromatic nitrogens is 5. The number of fused-ring (bicyclic) bond motifs is 1. The summed E-state index contributed by atoms with van der Waals surface area (Å²) in [5.74, 6) is 0.674. The summed E-state index contributed by atoms with van der Waals surface area (Å²) in [7, 11) is 0. The van der Waals surface area contributed by atoms with Crippen molar-refractivity contribution >= 4 is 11.6 Å². The molecule has 0 saturated carbocycles. The molecule has 0 bridgehead atoms. The SMILES string of the molecule is O=C(Cn1nc2ccccn2c1=O)N1CCCC1c1ncc[nH]1. The topological polar surface area (TPSA) is 88.3 Å². The molecule has 0 radical (unpaired) electrons. The van der Waals surface area contributed by atoms with Gasteiger partial charge in [-0.05, 0) is 25.0 Å². The molecule has 1 aliphatic heterocycles. The van der Waals surface area contributed by atoms with E-state index >= 15 is 0 Å². The Morgan fingerprint density at radius 1 is 1.39 bits per heavy atom.